The van der Waals surface area contributed by atoms with E-state index in [1.807, 2.05) is 12.1 Å². The first-order chi connectivity index (χ1) is 8.16. The number of benzene rings is 1. The fraction of sp³-hybridized carbons (Fsp3) is 0.200. The first-order valence-electron chi connectivity index (χ1n) is 4.88. The van der Waals surface area contributed by atoms with Gasteiger partial charge < -0.3 is 20.9 Å². The van der Waals surface area contributed by atoms with Crippen molar-refractivity contribution in [3.05, 3.63) is 22.2 Å². The van der Waals surface area contributed by atoms with Crippen LogP contribution in [0, 0.1) is 0 Å². The van der Waals surface area contributed by atoms with Gasteiger partial charge in [0.25, 0.3) is 0 Å². The van der Waals surface area contributed by atoms with Crippen LogP contribution in [0.3, 0.4) is 0 Å². The molecule has 0 radical (unpaired) electrons. The van der Waals surface area contributed by atoms with E-state index in [1.54, 1.807) is 0 Å². The van der Waals surface area contributed by atoms with Crippen LogP contribution in [0.15, 0.2) is 26.8 Å². The van der Waals surface area contributed by atoms with Gasteiger partial charge in [-0.3, -0.25) is 0 Å². The summed E-state index contributed by atoms with van der Waals surface area (Å²) in [5.74, 6) is 1.30. The lowest BCUT2D eigenvalue weighted by Crippen LogP contribution is -2.21. The number of halogens is 1. The van der Waals surface area contributed by atoms with Gasteiger partial charge in [0.2, 0.25) is 5.96 Å². The van der Waals surface area contributed by atoms with Gasteiger partial charge in [-0.05, 0) is 33.6 Å². The van der Waals surface area contributed by atoms with E-state index >= 15 is 0 Å². The molecule has 0 saturated heterocycles. The van der Waals surface area contributed by atoms with Gasteiger partial charge >= 0.3 is 0 Å². The molecule has 1 aliphatic rings. The molecule has 17 heavy (non-hydrogen) atoms. The molecule has 90 valence electrons. The largest absolute Gasteiger partial charge is 0.486 e. The van der Waals surface area contributed by atoms with Crippen molar-refractivity contribution in [1.29, 1.82) is 0 Å². The van der Waals surface area contributed by atoms with Crippen LogP contribution in [0.1, 0.15) is 5.56 Å². The van der Waals surface area contributed by atoms with Crippen LogP contribution in [0.4, 0.5) is 0 Å². The van der Waals surface area contributed by atoms with Crippen molar-refractivity contribution >= 4 is 28.1 Å². The number of rotatable bonds is 2. The number of guanidine groups is 1. The van der Waals surface area contributed by atoms with Crippen molar-refractivity contribution in [2.45, 2.75) is 0 Å². The number of nitrogens with two attached hydrogens (primary N) is 2. The standard InChI is InChI=1S/C10H11BrN4O2/c11-7-3-6(5-14-15-10(12)13)4-8-9(7)17-2-1-16-8/h3-5H,1-2H2,(H4,12,13,15). The maximum absolute atomic E-state index is 5.47. The summed E-state index contributed by atoms with van der Waals surface area (Å²) in [4.78, 5) is 0. The van der Waals surface area contributed by atoms with E-state index in [0.717, 1.165) is 10.0 Å². The van der Waals surface area contributed by atoms with Crippen LogP contribution in [0.5, 0.6) is 11.5 Å². The fourth-order valence-electron chi connectivity index (χ4n) is 1.37. The number of hydrogen-bond acceptors (Lipinski definition) is 4. The predicted molar refractivity (Wildman–Crippen MR) is 68.5 cm³/mol. The zero-order valence-corrected chi connectivity index (χ0v) is 10.5. The molecule has 1 aromatic carbocycles. The molecule has 0 atom stereocenters. The maximum atomic E-state index is 5.47. The summed E-state index contributed by atoms with van der Waals surface area (Å²) < 4.78 is 11.7. The summed E-state index contributed by atoms with van der Waals surface area (Å²) in [6.07, 6.45) is 1.53. The van der Waals surface area contributed by atoms with Gasteiger partial charge in [-0.25, -0.2) is 0 Å². The van der Waals surface area contributed by atoms with Crippen LogP contribution in [-0.2, 0) is 0 Å². The molecular weight excluding hydrogens is 288 g/mol. The van der Waals surface area contributed by atoms with E-state index < -0.39 is 0 Å². The molecule has 2 rings (SSSR count). The topological polar surface area (TPSA) is 95.2 Å². The van der Waals surface area contributed by atoms with Crippen LogP contribution < -0.4 is 20.9 Å². The highest BCUT2D eigenvalue weighted by Gasteiger charge is 2.15. The smallest absolute Gasteiger partial charge is 0.211 e. The third kappa shape index (κ3) is 2.88. The van der Waals surface area contributed by atoms with Crippen LogP contribution in [0.25, 0.3) is 0 Å². The Morgan fingerprint density at radius 3 is 2.82 bits per heavy atom. The molecule has 1 heterocycles. The van der Waals surface area contributed by atoms with Gasteiger partial charge in [-0.15, -0.1) is 5.10 Å². The van der Waals surface area contributed by atoms with E-state index in [4.69, 9.17) is 20.9 Å². The monoisotopic (exact) mass is 298 g/mol. The van der Waals surface area contributed by atoms with Crippen LogP contribution >= 0.6 is 15.9 Å². The van der Waals surface area contributed by atoms with Crippen molar-refractivity contribution < 1.29 is 9.47 Å². The molecule has 0 fully saturated rings. The molecule has 6 nitrogen and oxygen atoms in total. The van der Waals surface area contributed by atoms with Crippen LogP contribution in [-0.4, -0.2) is 25.4 Å². The van der Waals surface area contributed by atoms with Crippen molar-refractivity contribution in [1.82, 2.24) is 0 Å². The Morgan fingerprint density at radius 1 is 1.29 bits per heavy atom. The molecule has 4 N–H and O–H groups in total. The SMILES string of the molecule is NC(N)=NN=Cc1cc(Br)c2c(c1)OCCO2. The Labute approximate surface area is 106 Å². The molecule has 7 heteroatoms. The average molecular weight is 299 g/mol. The molecule has 0 aromatic heterocycles. The lowest BCUT2D eigenvalue weighted by Gasteiger charge is -2.19. The number of fused-ring (bicyclic) bond motifs is 1. The van der Waals surface area contributed by atoms with Crippen molar-refractivity contribution in [2.75, 3.05) is 13.2 Å². The molecule has 1 aliphatic heterocycles. The van der Waals surface area contributed by atoms with Gasteiger partial charge in [0.15, 0.2) is 11.5 Å². The fourth-order valence-corrected chi connectivity index (χ4v) is 1.94. The van der Waals surface area contributed by atoms with E-state index in [0.29, 0.717) is 24.7 Å². The molecule has 0 saturated carbocycles. The molecular formula is C10H11BrN4O2. The Bertz CT molecular complexity index is 483. The molecule has 0 aliphatic carbocycles. The van der Waals surface area contributed by atoms with Crippen molar-refractivity contribution in [2.24, 2.45) is 21.7 Å². The van der Waals surface area contributed by atoms with Crippen molar-refractivity contribution in [3.63, 3.8) is 0 Å². The Morgan fingerprint density at radius 2 is 2.06 bits per heavy atom. The third-order valence-corrected chi connectivity index (χ3v) is 2.59. The normalized spacial score (nSPS) is 13.7. The van der Waals surface area contributed by atoms with Gasteiger partial charge in [-0.1, -0.05) is 0 Å². The highest BCUT2D eigenvalue weighted by Crippen LogP contribution is 2.38. The first kappa shape index (κ1) is 11.7. The highest BCUT2D eigenvalue weighted by atomic mass is 79.9. The predicted octanol–water partition coefficient (Wildman–Crippen LogP) is 0.828. The first-order valence-corrected chi connectivity index (χ1v) is 5.67. The van der Waals surface area contributed by atoms with E-state index in [9.17, 15) is 0 Å². The third-order valence-electron chi connectivity index (χ3n) is 2.00. The summed E-state index contributed by atoms with van der Waals surface area (Å²) in [7, 11) is 0. The zero-order chi connectivity index (χ0) is 12.3. The summed E-state index contributed by atoms with van der Waals surface area (Å²) in [6, 6.07) is 3.66. The second-order valence-electron chi connectivity index (χ2n) is 3.30. The van der Waals surface area contributed by atoms with E-state index in [-0.39, 0.29) is 5.96 Å². The average Bonchev–Trinajstić information content (AvgIpc) is 2.28. The second-order valence-corrected chi connectivity index (χ2v) is 4.15. The molecule has 0 spiro atoms. The molecule has 0 unspecified atom stereocenters. The molecule has 0 amide bonds. The summed E-state index contributed by atoms with van der Waals surface area (Å²) in [5, 5.41) is 7.24. The second kappa shape index (κ2) is 5.05. The number of nitrogens with zero attached hydrogens (tertiary/aromatic N) is 2. The maximum Gasteiger partial charge on any atom is 0.211 e. The molecule has 0 bridgehead atoms. The quantitative estimate of drug-likeness (QED) is 0.480. The summed E-state index contributed by atoms with van der Waals surface area (Å²) >= 11 is 3.40. The van der Waals surface area contributed by atoms with Crippen LogP contribution in [0.2, 0.25) is 0 Å². The lowest BCUT2D eigenvalue weighted by molar-refractivity contribution is 0.170. The van der Waals surface area contributed by atoms with Gasteiger partial charge in [0, 0.05) is 0 Å². The minimum atomic E-state index is -0.0853. The van der Waals surface area contributed by atoms with Crippen molar-refractivity contribution in [3.8, 4) is 11.5 Å². The Hall–Kier alpha value is -1.76. The minimum absolute atomic E-state index is 0.0853. The number of hydrogen-bond donors (Lipinski definition) is 2. The van der Waals surface area contributed by atoms with Gasteiger partial charge in [0.05, 0.1) is 10.7 Å². The van der Waals surface area contributed by atoms with E-state index in [1.165, 1.54) is 6.21 Å². The minimum Gasteiger partial charge on any atom is -0.486 e. The lowest BCUT2D eigenvalue weighted by atomic mass is 10.2. The number of ether oxygens (including phenoxy) is 2. The molecule has 1 aromatic rings. The van der Waals surface area contributed by atoms with Gasteiger partial charge in [0.1, 0.15) is 13.2 Å². The van der Waals surface area contributed by atoms with E-state index in [2.05, 4.69) is 26.1 Å². The zero-order valence-electron chi connectivity index (χ0n) is 8.89. The summed E-state index contributed by atoms with van der Waals surface area (Å²) in [6.45, 7) is 1.08. The Balaban J connectivity index is 2.28. The Kier molecular flexibility index (Phi) is 3.48. The van der Waals surface area contributed by atoms with Gasteiger partial charge in [-0.2, -0.15) is 5.10 Å². The summed E-state index contributed by atoms with van der Waals surface area (Å²) in [5.41, 5.74) is 11.1. The highest BCUT2D eigenvalue weighted by molar-refractivity contribution is 9.10.